The molecule has 0 fully saturated rings. The molecule has 5 nitrogen and oxygen atoms in total. The van der Waals surface area contributed by atoms with Gasteiger partial charge >= 0.3 is 7.82 Å². The predicted octanol–water partition coefficient (Wildman–Crippen LogP) is 4.58. The minimum absolute atomic E-state index is 0.210. The maximum Gasteiger partial charge on any atom is 0.524 e. The minimum Gasteiger partial charge on any atom is -0.507 e. The summed E-state index contributed by atoms with van der Waals surface area (Å²) < 4.78 is 16.7. The molecule has 0 aliphatic heterocycles. The molecule has 0 aliphatic carbocycles. The van der Waals surface area contributed by atoms with Gasteiger partial charge in [0.1, 0.15) is 11.5 Å². The van der Waals surface area contributed by atoms with Crippen molar-refractivity contribution in [2.45, 2.75) is 79.1 Å². The Morgan fingerprint density at radius 3 is 1.42 bits per heavy atom. The van der Waals surface area contributed by atoms with Crippen LogP contribution in [0.2, 0.25) is 0 Å². The molecule has 138 valence electrons. The quantitative estimate of drug-likeness (QED) is 0.686. The average molecular weight is 358 g/mol. The summed E-state index contributed by atoms with van der Waals surface area (Å²) in [7, 11) is -4.71. The molecule has 0 amide bonds. The van der Waals surface area contributed by atoms with Crippen LogP contribution in [-0.2, 0) is 28.2 Å². The summed E-state index contributed by atoms with van der Waals surface area (Å²) in [6.07, 6.45) is 1.01. The second-order valence-electron chi connectivity index (χ2n) is 8.17. The number of phenols is 1. The highest BCUT2D eigenvalue weighted by molar-refractivity contribution is 7.46. The molecule has 6 heteroatoms. The van der Waals surface area contributed by atoms with E-state index < -0.39 is 18.7 Å². The van der Waals surface area contributed by atoms with E-state index in [1.165, 1.54) is 0 Å². The van der Waals surface area contributed by atoms with Gasteiger partial charge < -0.3 is 9.63 Å². The van der Waals surface area contributed by atoms with Crippen molar-refractivity contribution >= 4 is 7.82 Å². The molecule has 1 aromatic rings. The molecule has 0 heterocycles. The van der Waals surface area contributed by atoms with Crippen molar-refractivity contribution < 1.29 is 24.0 Å². The van der Waals surface area contributed by atoms with Crippen LogP contribution in [0.15, 0.2) is 0 Å². The number of phosphoric ester groups is 1. The van der Waals surface area contributed by atoms with Crippen LogP contribution in [0.3, 0.4) is 0 Å². The fourth-order valence-electron chi connectivity index (χ4n) is 3.34. The van der Waals surface area contributed by atoms with Crippen molar-refractivity contribution in [3.8, 4) is 11.5 Å². The molecule has 1 rings (SSSR count). The molecule has 0 aliphatic rings. The smallest absolute Gasteiger partial charge is 0.507 e. The third-order valence-corrected chi connectivity index (χ3v) is 4.46. The molecule has 3 N–H and O–H groups in total. The van der Waals surface area contributed by atoms with E-state index in [1.807, 2.05) is 55.4 Å². The molecule has 0 saturated carbocycles. The largest absolute Gasteiger partial charge is 0.524 e. The zero-order valence-corrected chi connectivity index (χ0v) is 16.9. The van der Waals surface area contributed by atoms with Gasteiger partial charge in [-0.1, -0.05) is 55.4 Å². The Kier molecular flexibility index (Phi) is 5.87. The molecule has 0 aromatic heterocycles. The Balaban J connectivity index is 4.08. The normalized spacial score (nSPS) is 13.2. The number of benzene rings is 1. The number of hydrogen-bond donors (Lipinski definition) is 3. The average Bonchev–Trinajstić information content (AvgIpc) is 2.34. The van der Waals surface area contributed by atoms with Crippen molar-refractivity contribution in [1.29, 1.82) is 0 Å². The van der Waals surface area contributed by atoms with Crippen molar-refractivity contribution in [2.24, 2.45) is 0 Å². The summed E-state index contributed by atoms with van der Waals surface area (Å²) in [5, 5.41) is 11.1. The first-order chi connectivity index (χ1) is 10.6. The predicted molar refractivity (Wildman–Crippen MR) is 96.9 cm³/mol. The molecule has 0 unspecified atom stereocenters. The highest BCUT2D eigenvalue weighted by Gasteiger charge is 2.35. The summed E-state index contributed by atoms with van der Waals surface area (Å²) in [6.45, 7) is 15.6. The van der Waals surface area contributed by atoms with Gasteiger partial charge in [0.2, 0.25) is 0 Å². The molecule has 1 aromatic carbocycles. The van der Waals surface area contributed by atoms with Gasteiger partial charge in [-0.2, -0.15) is 0 Å². The molecule has 0 bridgehead atoms. The van der Waals surface area contributed by atoms with Crippen LogP contribution >= 0.6 is 7.82 Å². The second kappa shape index (κ2) is 6.70. The molecule has 0 spiro atoms. The van der Waals surface area contributed by atoms with E-state index in [9.17, 15) is 19.5 Å². The highest BCUT2D eigenvalue weighted by atomic mass is 31.2. The van der Waals surface area contributed by atoms with E-state index in [4.69, 9.17) is 4.52 Å². The maximum atomic E-state index is 11.6. The van der Waals surface area contributed by atoms with Crippen molar-refractivity contribution in [1.82, 2.24) is 0 Å². The molecule has 0 radical (unpaired) electrons. The fourth-order valence-corrected chi connectivity index (χ4v) is 3.80. The number of phenolic OH excluding ortho intramolecular Hbond substituents is 1. The third kappa shape index (κ3) is 4.33. The number of aromatic hydroxyl groups is 1. The number of rotatable bonds is 4. The van der Waals surface area contributed by atoms with Crippen molar-refractivity contribution in [2.75, 3.05) is 0 Å². The monoisotopic (exact) mass is 358 g/mol. The summed E-state index contributed by atoms with van der Waals surface area (Å²) in [5.74, 6) is 0.433. The first-order valence-corrected chi connectivity index (χ1v) is 9.84. The molecule has 0 saturated heterocycles. The lowest BCUT2D eigenvalue weighted by Crippen LogP contribution is -2.22. The first-order valence-electron chi connectivity index (χ1n) is 8.31. The van der Waals surface area contributed by atoms with Crippen molar-refractivity contribution in [3.05, 3.63) is 22.3 Å². The topological polar surface area (TPSA) is 87.0 Å². The minimum atomic E-state index is -4.71. The van der Waals surface area contributed by atoms with Gasteiger partial charge in [-0.25, -0.2) is 4.57 Å². The van der Waals surface area contributed by atoms with Crippen LogP contribution in [0.1, 0.15) is 77.6 Å². The Morgan fingerprint density at radius 1 is 0.875 bits per heavy atom. The van der Waals surface area contributed by atoms with Gasteiger partial charge in [0, 0.05) is 22.3 Å². The van der Waals surface area contributed by atoms with Crippen LogP contribution in [0.5, 0.6) is 11.5 Å². The van der Waals surface area contributed by atoms with Crippen LogP contribution in [-0.4, -0.2) is 14.9 Å². The van der Waals surface area contributed by atoms with Gasteiger partial charge in [0.25, 0.3) is 0 Å². The van der Waals surface area contributed by atoms with Gasteiger partial charge in [-0.3, -0.25) is 9.79 Å². The standard InChI is InChI=1S/C18H31O5P/c1-9-11-13(17(3,4)5)15(19)14(18(6,7)8)12(10-2)16(11)23-24(20,21)22/h19H,9-10H2,1-8H3,(H2,20,21,22). The maximum absolute atomic E-state index is 11.6. The fraction of sp³-hybridized carbons (Fsp3) is 0.667. The zero-order chi connectivity index (χ0) is 19.1. The molecular formula is C18H31O5P. The van der Waals surface area contributed by atoms with E-state index in [0.717, 1.165) is 0 Å². The van der Waals surface area contributed by atoms with Gasteiger partial charge in [-0.05, 0) is 23.7 Å². The van der Waals surface area contributed by atoms with E-state index in [0.29, 0.717) is 35.1 Å². The van der Waals surface area contributed by atoms with E-state index in [-0.39, 0.29) is 11.5 Å². The van der Waals surface area contributed by atoms with Crippen LogP contribution in [0, 0.1) is 0 Å². The zero-order valence-electron chi connectivity index (χ0n) is 16.0. The lowest BCUT2D eigenvalue weighted by atomic mass is 9.74. The molecular weight excluding hydrogens is 327 g/mol. The first kappa shape index (κ1) is 21.0. The van der Waals surface area contributed by atoms with Gasteiger partial charge in [0.05, 0.1) is 0 Å². The molecule has 24 heavy (non-hydrogen) atoms. The summed E-state index contributed by atoms with van der Waals surface area (Å²) in [5.41, 5.74) is 1.91. The highest BCUT2D eigenvalue weighted by Crippen LogP contribution is 2.51. The Morgan fingerprint density at radius 2 is 1.21 bits per heavy atom. The Bertz CT molecular complexity index is 616. The van der Waals surface area contributed by atoms with Crippen LogP contribution in [0.25, 0.3) is 0 Å². The van der Waals surface area contributed by atoms with Crippen LogP contribution in [0.4, 0.5) is 0 Å². The summed E-state index contributed by atoms with van der Waals surface area (Å²) in [6, 6.07) is 0. The number of phosphoric acid groups is 1. The summed E-state index contributed by atoms with van der Waals surface area (Å²) in [4.78, 5) is 18.8. The lowest BCUT2D eigenvalue weighted by Gasteiger charge is -2.33. The summed E-state index contributed by atoms with van der Waals surface area (Å²) >= 11 is 0. The second-order valence-corrected chi connectivity index (χ2v) is 9.34. The third-order valence-electron chi connectivity index (χ3n) is 4.04. The van der Waals surface area contributed by atoms with E-state index in [2.05, 4.69) is 0 Å². The Labute approximate surface area is 145 Å². The van der Waals surface area contributed by atoms with E-state index in [1.54, 1.807) is 0 Å². The van der Waals surface area contributed by atoms with Gasteiger partial charge in [0.15, 0.2) is 0 Å². The van der Waals surface area contributed by atoms with Gasteiger partial charge in [-0.15, -0.1) is 0 Å². The molecule has 0 atom stereocenters. The SMILES string of the molecule is CCc1c(OP(=O)(O)O)c(CC)c(C(C)(C)C)c(O)c1C(C)(C)C. The van der Waals surface area contributed by atoms with Crippen molar-refractivity contribution in [3.63, 3.8) is 0 Å². The van der Waals surface area contributed by atoms with Crippen LogP contribution < -0.4 is 4.52 Å². The Hall–Kier alpha value is -1.03. The number of hydrogen-bond acceptors (Lipinski definition) is 3. The lowest BCUT2D eigenvalue weighted by molar-refractivity contribution is 0.280. The van der Waals surface area contributed by atoms with E-state index >= 15 is 0 Å².